The number of ether oxygens (including phenoxy) is 2. The van der Waals surface area contributed by atoms with Crippen LogP contribution in [0.4, 0.5) is 9.93 Å². The van der Waals surface area contributed by atoms with E-state index in [0.29, 0.717) is 11.7 Å². The van der Waals surface area contributed by atoms with E-state index < -0.39 is 6.09 Å². The van der Waals surface area contributed by atoms with Crippen LogP contribution in [0.15, 0.2) is 5.38 Å². The lowest BCUT2D eigenvalue weighted by Crippen LogP contribution is -2.16. The third kappa shape index (κ3) is 4.26. The van der Waals surface area contributed by atoms with E-state index >= 15 is 0 Å². The van der Waals surface area contributed by atoms with E-state index in [-0.39, 0.29) is 6.61 Å². The smallest absolute Gasteiger partial charge is 0.413 e. The molecule has 15 heavy (non-hydrogen) atoms. The fourth-order valence-electron chi connectivity index (χ4n) is 0.868. The zero-order chi connectivity index (χ0) is 11.1. The van der Waals surface area contributed by atoms with Crippen molar-refractivity contribution in [2.45, 2.75) is 13.3 Å². The first kappa shape index (κ1) is 11.9. The third-order valence-corrected chi connectivity index (χ3v) is 2.45. The zero-order valence-electron chi connectivity index (χ0n) is 8.78. The maximum absolute atomic E-state index is 11.2. The monoisotopic (exact) mass is 230 g/mol. The van der Waals surface area contributed by atoms with E-state index in [2.05, 4.69) is 10.3 Å². The molecule has 0 unspecified atom stereocenters. The van der Waals surface area contributed by atoms with Crippen LogP contribution in [0, 0.1) is 0 Å². The van der Waals surface area contributed by atoms with Crippen LogP contribution in [0.25, 0.3) is 0 Å². The highest BCUT2D eigenvalue weighted by Crippen LogP contribution is 2.15. The number of hydrogen-bond acceptors (Lipinski definition) is 5. The Bertz CT molecular complexity index is 314. The minimum atomic E-state index is -0.496. The number of aromatic nitrogens is 1. The van der Waals surface area contributed by atoms with E-state index in [1.165, 1.54) is 11.3 Å². The number of carbonyl (C=O) groups excluding carboxylic acids is 1. The number of aryl methyl sites for hydroxylation is 1. The molecular weight excluding hydrogens is 216 g/mol. The van der Waals surface area contributed by atoms with Crippen LogP contribution in [0.5, 0.6) is 0 Å². The normalized spacial score (nSPS) is 10.0. The highest BCUT2D eigenvalue weighted by Gasteiger charge is 2.06. The van der Waals surface area contributed by atoms with E-state index in [1.807, 2.05) is 12.3 Å². The summed E-state index contributed by atoms with van der Waals surface area (Å²) in [7, 11) is 1.55. The quantitative estimate of drug-likeness (QED) is 0.785. The molecule has 1 amide bonds. The first-order valence-corrected chi connectivity index (χ1v) is 5.51. The molecule has 1 aromatic heterocycles. The summed E-state index contributed by atoms with van der Waals surface area (Å²) in [6.45, 7) is 2.65. The highest BCUT2D eigenvalue weighted by atomic mass is 32.1. The molecule has 0 fully saturated rings. The summed E-state index contributed by atoms with van der Waals surface area (Å²) in [5.74, 6) is 0. The van der Waals surface area contributed by atoms with Crippen molar-refractivity contribution in [3.63, 3.8) is 0 Å². The average molecular weight is 230 g/mol. The number of rotatable bonds is 5. The van der Waals surface area contributed by atoms with Gasteiger partial charge in [0.2, 0.25) is 0 Å². The van der Waals surface area contributed by atoms with Crippen LogP contribution in [-0.4, -0.2) is 31.4 Å². The SMILES string of the molecule is CCc1csc(NC(=O)OCCOC)n1. The molecule has 1 rings (SSSR count). The van der Waals surface area contributed by atoms with Gasteiger partial charge in [0.25, 0.3) is 0 Å². The first-order chi connectivity index (χ1) is 7.26. The standard InChI is InChI=1S/C9H14N2O3S/c1-3-7-6-15-8(10-7)11-9(12)14-5-4-13-2/h6H,3-5H2,1-2H3,(H,10,11,12). The molecule has 0 bridgehead atoms. The number of thiazole rings is 1. The summed E-state index contributed by atoms with van der Waals surface area (Å²) in [4.78, 5) is 15.3. The zero-order valence-corrected chi connectivity index (χ0v) is 9.60. The Morgan fingerprint density at radius 2 is 2.40 bits per heavy atom. The fourth-order valence-corrected chi connectivity index (χ4v) is 1.65. The molecule has 0 aliphatic carbocycles. The van der Waals surface area contributed by atoms with Gasteiger partial charge in [-0.05, 0) is 6.42 Å². The van der Waals surface area contributed by atoms with Crippen molar-refractivity contribution in [1.82, 2.24) is 4.98 Å². The maximum atomic E-state index is 11.2. The molecular formula is C9H14N2O3S. The molecule has 6 heteroatoms. The maximum Gasteiger partial charge on any atom is 0.413 e. The van der Waals surface area contributed by atoms with Crippen LogP contribution in [0.3, 0.4) is 0 Å². The fraction of sp³-hybridized carbons (Fsp3) is 0.556. The van der Waals surface area contributed by atoms with Gasteiger partial charge < -0.3 is 9.47 Å². The predicted molar refractivity (Wildman–Crippen MR) is 58.3 cm³/mol. The van der Waals surface area contributed by atoms with Crippen LogP contribution in [-0.2, 0) is 15.9 Å². The number of nitrogens with zero attached hydrogens (tertiary/aromatic N) is 1. The Labute approximate surface area is 92.4 Å². The van der Waals surface area contributed by atoms with E-state index in [9.17, 15) is 4.79 Å². The molecule has 0 aliphatic heterocycles. The van der Waals surface area contributed by atoms with Gasteiger partial charge in [0.15, 0.2) is 5.13 Å². The van der Waals surface area contributed by atoms with Crippen LogP contribution >= 0.6 is 11.3 Å². The van der Waals surface area contributed by atoms with Gasteiger partial charge in [-0.25, -0.2) is 9.78 Å². The molecule has 0 saturated heterocycles. The molecule has 0 saturated carbocycles. The van der Waals surface area contributed by atoms with E-state index in [4.69, 9.17) is 9.47 Å². The Morgan fingerprint density at radius 3 is 3.00 bits per heavy atom. The average Bonchev–Trinajstić information content (AvgIpc) is 2.66. The van der Waals surface area contributed by atoms with Gasteiger partial charge in [-0.15, -0.1) is 11.3 Å². The second kappa shape index (κ2) is 6.36. The number of methoxy groups -OCH3 is 1. The molecule has 1 aromatic rings. The molecule has 5 nitrogen and oxygen atoms in total. The van der Waals surface area contributed by atoms with Crippen LogP contribution < -0.4 is 5.32 Å². The number of anilines is 1. The lowest BCUT2D eigenvalue weighted by molar-refractivity contribution is 0.107. The van der Waals surface area contributed by atoms with Crippen molar-refractivity contribution in [3.05, 3.63) is 11.1 Å². The van der Waals surface area contributed by atoms with Crippen molar-refractivity contribution in [1.29, 1.82) is 0 Å². The van der Waals surface area contributed by atoms with Gasteiger partial charge in [-0.1, -0.05) is 6.92 Å². The summed E-state index contributed by atoms with van der Waals surface area (Å²) >= 11 is 1.39. The molecule has 0 radical (unpaired) electrons. The lowest BCUT2D eigenvalue weighted by atomic mass is 10.4. The topological polar surface area (TPSA) is 60.5 Å². The van der Waals surface area contributed by atoms with Crippen molar-refractivity contribution in [3.8, 4) is 0 Å². The van der Waals surface area contributed by atoms with Gasteiger partial charge in [-0.2, -0.15) is 0 Å². The highest BCUT2D eigenvalue weighted by molar-refractivity contribution is 7.13. The Balaban J connectivity index is 2.31. The molecule has 0 aromatic carbocycles. The van der Waals surface area contributed by atoms with Gasteiger partial charge in [0.05, 0.1) is 12.3 Å². The molecule has 0 spiro atoms. The van der Waals surface area contributed by atoms with Crippen molar-refractivity contribution >= 4 is 22.6 Å². The van der Waals surface area contributed by atoms with E-state index in [1.54, 1.807) is 7.11 Å². The molecule has 0 aliphatic rings. The second-order valence-electron chi connectivity index (χ2n) is 2.75. The number of hydrogen-bond donors (Lipinski definition) is 1. The van der Waals surface area contributed by atoms with Crippen molar-refractivity contribution in [2.75, 3.05) is 25.6 Å². The van der Waals surface area contributed by atoms with Crippen molar-refractivity contribution in [2.24, 2.45) is 0 Å². The summed E-state index contributed by atoms with van der Waals surface area (Å²) in [5.41, 5.74) is 0.965. The van der Waals surface area contributed by atoms with Gasteiger partial charge in [-0.3, -0.25) is 5.32 Å². The number of carbonyl (C=O) groups is 1. The van der Waals surface area contributed by atoms with Crippen LogP contribution in [0.2, 0.25) is 0 Å². The number of nitrogens with one attached hydrogen (secondary N) is 1. The number of amides is 1. The minimum absolute atomic E-state index is 0.244. The first-order valence-electron chi connectivity index (χ1n) is 4.63. The Hall–Kier alpha value is -1.14. The van der Waals surface area contributed by atoms with Gasteiger partial charge in [0.1, 0.15) is 6.61 Å². The lowest BCUT2D eigenvalue weighted by Gasteiger charge is -2.03. The van der Waals surface area contributed by atoms with E-state index in [0.717, 1.165) is 12.1 Å². The summed E-state index contributed by atoms with van der Waals surface area (Å²) in [5, 5.41) is 5.02. The molecule has 84 valence electrons. The molecule has 1 N–H and O–H groups in total. The van der Waals surface area contributed by atoms with Crippen LogP contribution in [0.1, 0.15) is 12.6 Å². The third-order valence-electron chi connectivity index (χ3n) is 1.64. The van der Waals surface area contributed by atoms with Gasteiger partial charge in [0, 0.05) is 12.5 Å². The summed E-state index contributed by atoms with van der Waals surface area (Å²) < 4.78 is 9.57. The predicted octanol–water partition coefficient (Wildman–Crippen LogP) is 1.90. The summed E-state index contributed by atoms with van der Waals surface area (Å²) in [6.07, 6.45) is 0.362. The Kier molecular flexibility index (Phi) is 5.06. The minimum Gasteiger partial charge on any atom is -0.447 e. The summed E-state index contributed by atoms with van der Waals surface area (Å²) in [6, 6.07) is 0. The Morgan fingerprint density at radius 1 is 1.60 bits per heavy atom. The van der Waals surface area contributed by atoms with Gasteiger partial charge >= 0.3 is 6.09 Å². The molecule has 0 atom stereocenters. The molecule has 1 heterocycles. The van der Waals surface area contributed by atoms with Crippen molar-refractivity contribution < 1.29 is 14.3 Å². The second-order valence-corrected chi connectivity index (χ2v) is 3.61. The largest absolute Gasteiger partial charge is 0.447 e.